The van der Waals surface area contributed by atoms with E-state index in [1.807, 2.05) is 0 Å². The molecule has 138 valence electrons. The molecule has 5 nitrogen and oxygen atoms in total. The van der Waals surface area contributed by atoms with Crippen molar-refractivity contribution in [1.82, 2.24) is 15.1 Å². The largest absolute Gasteiger partial charge is 0.335 e. The molecule has 2 amide bonds. The van der Waals surface area contributed by atoms with Crippen molar-refractivity contribution in [2.24, 2.45) is 0 Å². The normalized spacial score (nSPS) is 21.2. The van der Waals surface area contributed by atoms with E-state index in [4.69, 9.17) is 0 Å². The summed E-state index contributed by atoms with van der Waals surface area (Å²) < 4.78 is 13.3. The molecule has 2 aliphatic heterocycles. The van der Waals surface area contributed by atoms with Crippen molar-refractivity contribution >= 4 is 11.7 Å². The SMILES string of the molecule is Cc1cc(NC(=O)NC2CCN(C3CCN(C)CC3)CC2)ccc1F. The molecule has 0 bridgehead atoms. The number of carbonyl (C=O) groups excluding carboxylic acids is 1. The number of hydrogen-bond acceptors (Lipinski definition) is 3. The smallest absolute Gasteiger partial charge is 0.319 e. The molecule has 2 fully saturated rings. The molecule has 0 aromatic heterocycles. The summed E-state index contributed by atoms with van der Waals surface area (Å²) >= 11 is 0. The van der Waals surface area contributed by atoms with Crippen LogP contribution in [0.3, 0.4) is 0 Å². The Balaban J connectivity index is 1.42. The summed E-state index contributed by atoms with van der Waals surface area (Å²) in [4.78, 5) is 17.1. The van der Waals surface area contributed by atoms with Crippen LogP contribution < -0.4 is 10.6 Å². The molecular formula is C19H29FN4O. The second kappa shape index (κ2) is 8.15. The fourth-order valence-corrected chi connectivity index (χ4v) is 3.84. The van der Waals surface area contributed by atoms with E-state index in [0.717, 1.165) is 25.9 Å². The van der Waals surface area contributed by atoms with Gasteiger partial charge in [0.15, 0.2) is 0 Å². The minimum atomic E-state index is -0.257. The molecule has 2 saturated heterocycles. The van der Waals surface area contributed by atoms with Crippen molar-refractivity contribution in [1.29, 1.82) is 0 Å². The molecule has 1 aromatic carbocycles. The summed E-state index contributed by atoms with van der Waals surface area (Å²) in [6.45, 7) is 6.16. The first kappa shape index (κ1) is 18.1. The maximum absolute atomic E-state index is 13.3. The van der Waals surface area contributed by atoms with Crippen molar-refractivity contribution in [3.63, 3.8) is 0 Å². The Morgan fingerprint density at radius 3 is 2.44 bits per heavy atom. The highest BCUT2D eigenvalue weighted by molar-refractivity contribution is 5.89. The molecule has 25 heavy (non-hydrogen) atoms. The summed E-state index contributed by atoms with van der Waals surface area (Å²) in [6.07, 6.45) is 4.47. The molecule has 0 unspecified atom stereocenters. The molecule has 6 heteroatoms. The second-order valence-corrected chi connectivity index (χ2v) is 7.41. The molecule has 0 radical (unpaired) electrons. The molecular weight excluding hydrogens is 319 g/mol. The Morgan fingerprint density at radius 2 is 1.80 bits per heavy atom. The standard InChI is InChI=1S/C19H29FN4O/c1-14-13-16(3-4-18(14)20)22-19(25)21-15-5-11-24(12-6-15)17-7-9-23(2)10-8-17/h3-4,13,15,17H,5-12H2,1-2H3,(H2,21,22,25). The van der Waals surface area contributed by atoms with Crippen LogP contribution >= 0.6 is 0 Å². The molecule has 2 N–H and O–H groups in total. The van der Waals surface area contributed by atoms with Crippen LogP contribution in [-0.4, -0.2) is 61.1 Å². The van der Waals surface area contributed by atoms with Crippen LogP contribution in [0.25, 0.3) is 0 Å². The first-order valence-corrected chi connectivity index (χ1v) is 9.27. The van der Waals surface area contributed by atoms with Gasteiger partial charge >= 0.3 is 6.03 Å². The molecule has 0 spiro atoms. The number of halogens is 1. The van der Waals surface area contributed by atoms with E-state index in [-0.39, 0.29) is 17.9 Å². The van der Waals surface area contributed by atoms with Crippen LogP contribution in [0.1, 0.15) is 31.2 Å². The van der Waals surface area contributed by atoms with Crippen LogP contribution in [0.5, 0.6) is 0 Å². The predicted molar refractivity (Wildman–Crippen MR) is 98.4 cm³/mol. The van der Waals surface area contributed by atoms with E-state index in [9.17, 15) is 9.18 Å². The van der Waals surface area contributed by atoms with Gasteiger partial charge in [0, 0.05) is 30.9 Å². The first-order chi connectivity index (χ1) is 12.0. The summed E-state index contributed by atoms with van der Waals surface area (Å²) in [6, 6.07) is 5.33. The molecule has 3 rings (SSSR count). The average molecular weight is 348 g/mol. The third kappa shape index (κ3) is 4.92. The van der Waals surface area contributed by atoms with Crippen LogP contribution in [0.15, 0.2) is 18.2 Å². The van der Waals surface area contributed by atoms with E-state index in [0.29, 0.717) is 17.3 Å². The number of piperidine rings is 2. The second-order valence-electron chi connectivity index (χ2n) is 7.41. The Labute approximate surface area is 149 Å². The van der Waals surface area contributed by atoms with Gasteiger partial charge in [0.2, 0.25) is 0 Å². The van der Waals surface area contributed by atoms with Crippen LogP contribution in [0.4, 0.5) is 14.9 Å². The number of carbonyl (C=O) groups is 1. The van der Waals surface area contributed by atoms with Crippen LogP contribution in [0.2, 0.25) is 0 Å². The van der Waals surface area contributed by atoms with Gasteiger partial charge in [-0.25, -0.2) is 9.18 Å². The number of hydrogen-bond donors (Lipinski definition) is 2. The van der Waals surface area contributed by atoms with E-state index in [1.165, 1.54) is 32.0 Å². The Kier molecular flexibility index (Phi) is 5.91. The minimum Gasteiger partial charge on any atom is -0.335 e. The Morgan fingerprint density at radius 1 is 1.12 bits per heavy atom. The van der Waals surface area contributed by atoms with Crippen molar-refractivity contribution in [2.75, 3.05) is 38.5 Å². The van der Waals surface area contributed by atoms with Crippen molar-refractivity contribution in [2.45, 2.75) is 44.7 Å². The third-order valence-electron chi connectivity index (χ3n) is 5.49. The van der Waals surface area contributed by atoms with Gasteiger partial charge in [-0.05, 0) is 76.5 Å². The highest BCUT2D eigenvalue weighted by atomic mass is 19.1. The van der Waals surface area contributed by atoms with E-state index in [1.54, 1.807) is 19.1 Å². The number of nitrogens with one attached hydrogen (secondary N) is 2. The van der Waals surface area contributed by atoms with Gasteiger partial charge in [0.05, 0.1) is 0 Å². The number of aryl methyl sites for hydroxylation is 1. The minimum absolute atomic E-state index is 0.205. The van der Waals surface area contributed by atoms with E-state index < -0.39 is 0 Å². The van der Waals surface area contributed by atoms with Crippen LogP contribution in [0, 0.1) is 12.7 Å². The summed E-state index contributed by atoms with van der Waals surface area (Å²) in [5, 5.41) is 5.85. The molecule has 1 aromatic rings. The number of urea groups is 1. The van der Waals surface area contributed by atoms with Gasteiger partial charge in [-0.1, -0.05) is 0 Å². The lowest BCUT2D eigenvalue weighted by Crippen LogP contribution is -2.51. The zero-order chi connectivity index (χ0) is 17.8. The van der Waals surface area contributed by atoms with Gasteiger partial charge in [0.25, 0.3) is 0 Å². The summed E-state index contributed by atoms with van der Waals surface area (Å²) in [7, 11) is 2.19. The van der Waals surface area contributed by atoms with Gasteiger partial charge in [0.1, 0.15) is 5.82 Å². The van der Waals surface area contributed by atoms with Gasteiger partial charge < -0.3 is 20.4 Å². The van der Waals surface area contributed by atoms with Crippen molar-refractivity contribution in [3.8, 4) is 0 Å². The highest BCUT2D eigenvalue weighted by Crippen LogP contribution is 2.21. The fourth-order valence-electron chi connectivity index (χ4n) is 3.84. The van der Waals surface area contributed by atoms with Crippen molar-refractivity contribution < 1.29 is 9.18 Å². The lowest BCUT2D eigenvalue weighted by atomic mass is 9.98. The molecule has 0 atom stereocenters. The predicted octanol–water partition coefficient (Wildman–Crippen LogP) is 2.81. The van der Waals surface area contributed by atoms with Gasteiger partial charge in [-0.3, -0.25) is 0 Å². The zero-order valence-electron chi connectivity index (χ0n) is 15.2. The highest BCUT2D eigenvalue weighted by Gasteiger charge is 2.27. The van der Waals surface area contributed by atoms with E-state index >= 15 is 0 Å². The van der Waals surface area contributed by atoms with Gasteiger partial charge in [-0.2, -0.15) is 0 Å². The molecule has 2 heterocycles. The number of rotatable bonds is 3. The number of anilines is 1. The topological polar surface area (TPSA) is 47.6 Å². The number of amides is 2. The van der Waals surface area contributed by atoms with E-state index in [2.05, 4.69) is 27.5 Å². The molecule has 0 aliphatic carbocycles. The quantitative estimate of drug-likeness (QED) is 0.883. The van der Waals surface area contributed by atoms with Crippen LogP contribution in [-0.2, 0) is 0 Å². The fraction of sp³-hybridized carbons (Fsp3) is 0.632. The zero-order valence-corrected chi connectivity index (χ0v) is 15.2. The number of benzene rings is 1. The third-order valence-corrected chi connectivity index (χ3v) is 5.49. The number of likely N-dealkylation sites (tertiary alicyclic amines) is 2. The molecule has 0 saturated carbocycles. The molecule has 2 aliphatic rings. The Hall–Kier alpha value is -1.66. The first-order valence-electron chi connectivity index (χ1n) is 9.27. The summed E-state index contributed by atoms with van der Waals surface area (Å²) in [5.74, 6) is -0.257. The Bertz CT molecular complexity index is 593. The van der Waals surface area contributed by atoms with Crippen molar-refractivity contribution in [3.05, 3.63) is 29.6 Å². The number of nitrogens with zero attached hydrogens (tertiary/aromatic N) is 2. The average Bonchev–Trinajstić information content (AvgIpc) is 2.60. The lowest BCUT2D eigenvalue weighted by Gasteiger charge is -2.41. The lowest BCUT2D eigenvalue weighted by molar-refractivity contribution is 0.0938. The maximum Gasteiger partial charge on any atom is 0.319 e. The monoisotopic (exact) mass is 348 g/mol. The van der Waals surface area contributed by atoms with Gasteiger partial charge in [-0.15, -0.1) is 0 Å². The maximum atomic E-state index is 13.3. The summed E-state index contributed by atoms with van der Waals surface area (Å²) in [5.41, 5.74) is 1.16.